The number of likely N-dealkylation sites (N-methyl/N-ethyl adjacent to an activating group) is 1. The molecule has 0 aromatic carbocycles. The zero-order chi connectivity index (χ0) is 16.8. The topological polar surface area (TPSA) is 29.0 Å². The zero-order valence-electron chi connectivity index (χ0n) is 14.5. The lowest BCUT2D eigenvalue weighted by Crippen LogP contribution is -2.25. The molecule has 1 aliphatic heterocycles. The molecule has 0 unspecified atom stereocenters. The minimum atomic E-state index is 0.986. The van der Waals surface area contributed by atoms with E-state index in [1.165, 1.54) is 52.7 Å². The van der Waals surface area contributed by atoms with Gasteiger partial charge in [-0.3, -0.25) is 0 Å². The molecular formula is C18H25N3S3. The number of hydrogen-bond acceptors (Lipinski definition) is 6. The van der Waals surface area contributed by atoms with Crippen molar-refractivity contribution < 1.29 is 0 Å². The Morgan fingerprint density at radius 3 is 2.92 bits per heavy atom. The maximum atomic E-state index is 4.56. The SMILES string of the molecule is CCCCCc1ccc(CSc2nsnc2C2=CCCN(C)C2)s1. The van der Waals surface area contributed by atoms with Gasteiger partial charge in [0, 0.05) is 28.6 Å². The normalized spacial score (nSPS) is 15.7. The van der Waals surface area contributed by atoms with Crippen LogP contribution in [0.15, 0.2) is 23.2 Å². The summed E-state index contributed by atoms with van der Waals surface area (Å²) in [6.07, 6.45) is 8.60. The van der Waals surface area contributed by atoms with Crippen molar-refractivity contribution in [3.05, 3.63) is 33.7 Å². The third-order valence-electron chi connectivity index (χ3n) is 4.20. The molecule has 3 nitrogen and oxygen atoms in total. The fourth-order valence-corrected chi connectivity index (χ4v) is 5.67. The average molecular weight is 380 g/mol. The maximum absolute atomic E-state index is 4.56. The van der Waals surface area contributed by atoms with Crippen molar-refractivity contribution in [1.29, 1.82) is 0 Å². The second kappa shape index (κ2) is 9.13. The van der Waals surface area contributed by atoms with Gasteiger partial charge in [-0.1, -0.05) is 37.6 Å². The van der Waals surface area contributed by atoms with E-state index in [-0.39, 0.29) is 0 Å². The lowest BCUT2D eigenvalue weighted by molar-refractivity contribution is 0.372. The molecule has 0 saturated carbocycles. The van der Waals surface area contributed by atoms with Gasteiger partial charge in [-0.2, -0.15) is 8.75 Å². The predicted octanol–water partition coefficient (Wildman–Crippen LogP) is 5.34. The highest BCUT2D eigenvalue weighted by molar-refractivity contribution is 7.98. The van der Waals surface area contributed by atoms with Gasteiger partial charge in [0.25, 0.3) is 0 Å². The van der Waals surface area contributed by atoms with Crippen molar-refractivity contribution in [3.63, 3.8) is 0 Å². The standard InChI is InChI=1S/C18H25N3S3/c1-3-4-5-8-15-9-10-16(23-15)13-22-18-17(19-24-20-18)14-7-6-11-21(2)12-14/h7,9-10H,3-6,8,11-13H2,1-2H3. The zero-order valence-corrected chi connectivity index (χ0v) is 16.9. The van der Waals surface area contributed by atoms with Crippen molar-refractivity contribution in [2.45, 2.75) is 49.8 Å². The van der Waals surface area contributed by atoms with Crippen LogP contribution in [0.1, 0.15) is 48.1 Å². The summed E-state index contributed by atoms with van der Waals surface area (Å²) < 4.78 is 9.10. The Balaban J connectivity index is 1.58. The van der Waals surface area contributed by atoms with Crippen molar-refractivity contribution in [2.24, 2.45) is 0 Å². The number of unbranched alkanes of at least 4 members (excludes halogenated alkanes) is 2. The van der Waals surface area contributed by atoms with Crippen molar-refractivity contribution in [2.75, 3.05) is 20.1 Å². The smallest absolute Gasteiger partial charge is 0.138 e. The summed E-state index contributed by atoms with van der Waals surface area (Å²) >= 11 is 5.13. The van der Waals surface area contributed by atoms with Gasteiger partial charge in [-0.25, -0.2) is 0 Å². The molecule has 0 N–H and O–H groups in total. The summed E-state index contributed by atoms with van der Waals surface area (Å²) in [5.74, 6) is 1.000. The lowest BCUT2D eigenvalue weighted by Gasteiger charge is -2.22. The van der Waals surface area contributed by atoms with Gasteiger partial charge in [0.1, 0.15) is 10.7 Å². The van der Waals surface area contributed by atoms with Crippen LogP contribution >= 0.6 is 34.8 Å². The second-order valence-corrected chi connectivity index (χ2v) is 9.03. The highest BCUT2D eigenvalue weighted by atomic mass is 32.2. The van der Waals surface area contributed by atoms with Gasteiger partial charge in [-0.15, -0.1) is 11.3 Å². The molecule has 3 heterocycles. The van der Waals surface area contributed by atoms with E-state index in [1.54, 1.807) is 0 Å². The minimum absolute atomic E-state index is 0.986. The summed E-state index contributed by atoms with van der Waals surface area (Å²) in [4.78, 5) is 5.32. The average Bonchev–Trinajstić information content (AvgIpc) is 3.22. The molecule has 0 fully saturated rings. The molecule has 0 atom stereocenters. The molecule has 0 amide bonds. The summed E-state index contributed by atoms with van der Waals surface area (Å²) in [6, 6.07) is 4.58. The molecule has 0 aliphatic carbocycles. The van der Waals surface area contributed by atoms with E-state index in [0.29, 0.717) is 0 Å². The number of rotatable bonds is 8. The molecule has 0 saturated heterocycles. The summed E-state index contributed by atoms with van der Waals surface area (Å²) in [5, 5.41) is 1.10. The van der Waals surface area contributed by atoms with Gasteiger partial charge >= 0.3 is 0 Å². The van der Waals surface area contributed by atoms with Crippen LogP contribution in [0.4, 0.5) is 0 Å². The van der Waals surface area contributed by atoms with Gasteiger partial charge in [0.15, 0.2) is 0 Å². The van der Waals surface area contributed by atoms with E-state index in [2.05, 4.69) is 45.8 Å². The van der Waals surface area contributed by atoms with E-state index in [1.807, 2.05) is 23.1 Å². The van der Waals surface area contributed by atoms with Crippen LogP contribution in [0, 0.1) is 0 Å². The Kier molecular flexibility index (Phi) is 6.89. The fraction of sp³-hybridized carbons (Fsp3) is 0.556. The Hall–Kier alpha value is -0.690. The van der Waals surface area contributed by atoms with E-state index >= 15 is 0 Å². The Morgan fingerprint density at radius 1 is 1.21 bits per heavy atom. The number of thiophene rings is 1. The van der Waals surface area contributed by atoms with Gasteiger partial charge in [0.05, 0.1) is 11.7 Å². The molecule has 6 heteroatoms. The summed E-state index contributed by atoms with van der Waals surface area (Å²) in [5.41, 5.74) is 2.45. The first-order chi connectivity index (χ1) is 11.8. The van der Waals surface area contributed by atoms with Gasteiger partial charge in [0.2, 0.25) is 0 Å². The van der Waals surface area contributed by atoms with Crippen molar-refractivity contribution in [3.8, 4) is 0 Å². The van der Waals surface area contributed by atoms with E-state index in [4.69, 9.17) is 0 Å². The van der Waals surface area contributed by atoms with Crippen LogP contribution in [0.3, 0.4) is 0 Å². The molecule has 1 aliphatic rings. The monoisotopic (exact) mass is 379 g/mol. The van der Waals surface area contributed by atoms with Crippen LogP contribution in [-0.2, 0) is 12.2 Å². The summed E-state index contributed by atoms with van der Waals surface area (Å²) in [7, 11) is 2.17. The second-order valence-electron chi connectivity index (χ2n) is 6.29. The molecule has 2 aromatic heterocycles. The Morgan fingerprint density at radius 2 is 2.08 bits per heavy atom. The first-order valence-electron chi connectivity index (χ1n) is 8.67. The molecule has 0 bridgehead atoms. The molecule has 0 spiro atoms. The molecule has 0 radical (unpaired) electrons. The summed E-state index contributed by atoms with van der Waals surface area (Å²) in [6.45, 7) is 4.38. The third kappa shape index (κ3) is 4.91. The highest BCUT2D eigenvalue weighted by Crippen LogP contribution is 2.32. The molecule has 2 aromatic rings. The first-order valence-corrected chi connectivity index (χ1v) is 11.2. The van der Waals surface area contributed by atoms with Crippen LogP contribution < -0.4 is 0 Å². The van der Waals surface area contributed by atoms with Crippen LogP contribution in [-0.4, -0.2) is 33.8 Å². The quantitative estimate of drug-likeness (QED) is 0.457. The highest BCUT2D eigenvalue weighted by Gasteiger charge is 2.18. The van der Waals surface area contributed by atoms with E-state index in [9.17, 15) is 0 Å². The van der Waals surface area contributed by atoms with Crippen LogP contribution in [0.5, 0.6) is 0 Å². The largest absolute Gasteiger partial charge is 0.302 e. The number of aryl methyl sites for hydroxylation is 1. The predicted molar refractivity (Wildman–Crippen MR) is 107 cm³/mol. The van der Waals surface area contributed by atoms with Crippen LogP contribution in [0.25, 0.3) is 5.57 Å². The molecular weight excluding hydrogens is 354 g/mol. The third-order valence-corrected chi connectivity index (χ3v) is 7.18. The van der Waals surface area contributed by atoms with Crippen molar-refractivity contribution in [1.82, 2.24) is 13.6 Å². The maximum Gasteiger partial charge on any atom is 0.138 e. The molecule has 3 rings (SSSR count). The van der Waals surface area contributed by atoms with Gasteiger partial charge < -0.3 is 4.90 Å². The van der Waals surface area contributed by atoms with E-state index in [0.717, 1.165) is 36.0 Å². The lowest BCUT2D eigenvalue weighted by atomic mass is 10.1. The minimum Gasteiger partial charge on any atom is -0.302 e. The molecule has 24 heavy (non-hydrogen) atoms. The number of hydrogen-bond donors (Lipinski definition) is 0. The number of aromatic nitrogens is 2. The number of nitrogens with zero attached hydrogens (tertiary/aromatic N) is 3. The van der Waals surface area contributed by atoms with Crippen molar-refractivity contribution >= 4 is 40.4 Å². The first kappa shape index (κ1) is 18.1. The number of thioether (sulfide) groups is 1. The fourth-order valence-electron chi connectivity index (χ4n) is 2.86. The Labute approximate surface area is 157 Å². The Bertz CT molecular complexity index is 675. The van der Waals surface area contributed by atoms with Gasteiger partial charge in [-0.05, 0) is 44.0 Å². The van der Waals surface area contributed by atoms with Crippen LogP contribution in [0.2, 0.25) is 0 Å². The molecule has 130 valence electrons. The van der Waals surface area contributed by atoms with E-state index < -0.39 is 0 Å².